The maximum absolute atomic E-state index is 13.2. The molecule has 17 heavy (non-hydrogen) atoms. The van der Waals surface area contributed by atoms with Gasteiger partial charge in [0.05, 0.1) is 0 Å². The highest BCUT2D eigenvalue weighted by Crippen LogP contribution is 2.21. The molecule has 1 heterocycles. The van der Waals surface area contributed by atoms with Crippen LogP contribution in [0.1, 0.15) is 22.9 Å². The highest BCUT2D eigenvalue weighted by atomic mass is 32.1. The van der Waals surface area contributed by atoms with Crippen molar-refractivity contribution in [3.05, 3.63) is 58.0 Å². The van der Waals surface area contributed by atoms with Crippen LogP contribution in [0, 0.1) is 5.82 Å². The minimum absolute atomic E-state index is 0.168. The molecule has 0 aliphatic rings. The van der Waals surface area contributed by atoms with Crippen molar-refractivity contribution in [3.63, 3.8) is 0 Å². The van der Waals surface area contributed by atoms with Crippen LogP contribution in [0.5, 0.6) is 0 Å². The molecule has 3 heteroatoms. The Morgan fingerprint density at radius 3 is 2.82 bits per heavy atom. The number of hydrogen-bond acceptors (Lipinski definition) is 2. The second-order valence-electron chi connectivity index (χ2n) is 4.01. The molecular weight excluding hydrogens is 233 g/mol. The molecule has 2 rings (SSSR count). The molecule has 2 aromatic rings. The van der Waals surface area contributed by atoms with Gasteiger partial charge in [-0.05, 0) is 49.0 Å². The lowest BCUT2D eigenvalue weighted by atomic mass is 10.0. The molecule has 0 aliphatic carbocycles. The maximum atomic E-state index is 13.2. The van der Waals surface area contributed by atoms with Crippen LogP contribution in [-0.4, -0.2) is 7.05 Å². The molecule has 0 amide bonds. The van der Waals surface area contributed by atoms with Crippen LogP contribution in [0.15, 0.2) is 41.8 Å². The van der Waals surface area contributed by atoms with E-state index in [0.29, 0.717) is 0 Å². The van der Waals surface area contributed by atoms with Gasteiger partial charge in [0.25, 0.3) is 0 Å². The molecule has 1 unspecified atom stereocenters. The standard InChI is InChI=1S/C14H16FNS/c1-16-14(8-7-13-6-3-9-17-13)11-4-2-5-12(15)10-11/h2-6,9-10,14,16H,7-8H2,1H3. The molecule has 0 saturated heterocycles. The van der Waals surface area contributed by atoms with Gasteiger partial charge in [0, 0.05) is 10.9 Å². The van der Waals surface area contributed by atoms with Gasteiger partial charge in [-0.2, -0.15) is 0 Å². The predicted molar refractivity (Wildman–Crippen MR) is 70.8 cm³/mol. The van der Waals surface area contributed by atoms with Gasteiger partial charge >= 0.3 is 0 Å². The van der Waals surface area contributed by atoms with Crippen molar-refractivity contribution in [1.29, 1.82) is 0 Å². The Hall–Kier alpha value is -1.19. The van der Waals surface area contributed by atoms with E-state index in [-0.39, 0.29) is 11.9 Å². The molecular formula is C14H16FNS. The van der Waals surface area contributed by atoms with Crippen molar-refractivity contribution < 1.29 is 4.39 Å². The number of benzene rings is 1. The molecule has 0 radical (unpaired) electrons. The van der Waals surface area contributed by atoms with E-state index >= 15 is 0 Å². The summed E-state index contributed by atoms with van der Waals surface area (Å²) in [7, 11) is 1.92. The van der Waals surface area contributed by atoms with Gasteiger partial charge in [0.2, 0.25) is 0 Å². The Kier molecular flexibility index (Phi) is 4.29. The minimum atomic E-state index is -0.168. The fourth-order valence-electron chi connectivity index (χ4n) is 1.94. The van der Waals surface area contributed by atoms with E-state index in [4.69, 9.17) is 0 Å². The Morgan fingerprint density at radius 2 is 2.18 bits per heavy atom. The first kappa shape index (κ1) is 12.3. The lowest BCUT2D eigenvalue weighted by Gasteiger charge is -2.16. The second-order valence-corrected chi connectivity index (χ2v) is 5.05. The van der Waals surface area contributed by atoms with E-state index < -0.39 is 0 Å². The number of thiophene rings is 1. The third-order valence-corrected chi connectivity index (χ3v) is 3.80. The van der Waals surface area contributed by atoms with E-state index in [0.717, 1.165) is 18.4 Å². The van der Waals surface area contributed by atoms with E-state index in [1.54, 1.807) is 23.5 Å². The molecule has 1 atom stereocenters. The fraction of sp³-hybridized carbons (Fsp3) is 0.286. The van der Waals surface area contributed by atoms with E-state index in [1.807, 2.05) is 13.1 Å². The molecule has 1 nitrogen and oxygen atoms in total. The number of hydrogen-bond donors (Lipinski definition) is 1. The summed E-state index contributed by atoms with van der Waals surface area (Å²) in [5.41, 5.74) is 1.02. The van der Waals surface area contributed by atoms with Crippen molar-refractivity contribution in [2.75, 3.05) is 7.05 Å². The van der Waals surface area contributed by atoms with Crippen molar-refractivity contribution in [2.24, 2.45) is 0 Å². The van der Waals surface area contributed by atoms with Gasteiger partial charge in [0.1, 0.15) is 5.82 Å². The van der Waals surface area contributed by atoms with Crippen LogP contribution in [0.25, 0.3) is 0 Å². The van der Waals surface area contributed by atoms with E-state index in [2.05, 4.69) is 22.8 Å². The first-order valence-electron chi connectivity index (χ1n) is 5.74. The van der Waals surface area contributed by atoms with Crippen molar-refractivity contribution >= 4 is 11.3 Å². The lowest BCUT2D eigenvalue weighted by Crippen LogP contribution is -2.17. The third kappa shape index (κ3) is 3.38. The summed E-state index contributed by atoms with van der Waals surface area (Å²) in [5, 5.41) is 5.34. The molecule has 0 spiro atoms. The van der Waals surface area contributed by atoms with Gasteiger partial charge in [-0.15, -0.1) is 11.3 Å². The summed E-state index contributed by atoms with van der Waals surface area (Å²) in [6, 6.07) is 11.2. The van der Waals surface area contributed by atoms with Crippen LogP contribution < -0.4 is 5.32 Å². The van der Waals surface area contributed by atoms with Crippen LogP contribution in [0.3, 0.4) is 0 Å². The normalized spacial score (nSPS) is 12.6. The summed E-state index contributed by atoms with van der Waals surface area (Å²) in [4.78, 5) is 1.38. The molecule has 1 N–H and O–H groups in total. The highest BCUT2D eigenvalue weighted by molar-refractivity contribution is 7.09. The van der Waals surface area contributed by atoms with Gasteiger partial charge in [0.15, 0.2) is 0 Å². The summed E-state index contributed by atoms with van der Waals surface area (Å²) in [5.74, 6) is -0.168. The van der Waals surface area contributed by atoms with Crippen LogP contribution >= 0.6 is 11.3 Å². The molecule has 1 aromatic carbocycles. The molecule has 90 valence electrons. The van der Waals surface area contributed by atoms with E-state index in [9.17, 15) is 4.39 Å². The first-order chi connectivity index (χ1) is 8.29. The summed E-state index contributed by atoms with van der Waals surface area (Å²) in [6.45, 7) is 0. The molecule has 1 aromatic heterocycles. The third-order valence-electron chi connectivity index (χ3n) is 2.86. The zero-order chi connectivity index (χ0) is 12.1. The number of halogens is 1. The smallest absolute Gasteiger partial charge is 0.123 e. The number of aryl methyl sites for hydroxylation is 1. The summed E-state index contributed by atoms with van der Waals surface area (Å²) < 4.78 is 13.2. The van der Waals surface area contributed by atoms with E-state index in [1.165, 1.54) is 10.9 Å². The van der Waals surface area contributed by atoms with Crippen LogP contribution in [0.4, 0.5) is 4.39 Å². The monoisotopic (exact) mass is 249 g/mol. The Bertz CT molecular complexity index is 453. The molecule has 0 aliphatic heterocycles. The van der Waals surface area contributed by atoms with Crippen molar-refractivity contribution in [3.8, 4) is 0 Å². The lowest BCUT2D eigenvalue weighted by molar-refractivity contribution is 0.544. The van der Waals surface area contributed by atoms with Crippen LogP contribution in [0.2, 0.25) is 0 Å². The fourth-order valence-corrected chi connectivity index (χ4v) is 2.67. The summed E-state index contributed by atoms with van der Waals surface area (Å²) >= 11 is 1.77. The molecule has 0 bridgehead atoms. The largest absolute Gasteiger partial charge is 0.313 e. The van der Waals surface area contributed by atoms with Gasteiger partial charge in [-0.1, -0.05) is 18.2 Å². The minimum Gasteiger partial charge on any atom is -0.313 e. The predicted octanol–water partition coefficient (Wildman–Crippen LogP) is 3.78. The highest BCUT2D eigenvalue weighted by Gasteiger charge is 2.10. The first-order valence-corrected chi connectivity index (χ1v) is 6.62. The quantitative estimate of drug-likeness (QED) is 0.850. The number of rotatable bonds is 5. The van der Waals surface area contributed by atoms with Crippen molar-refractivity contribution in [1.82, 2.24) is 5.32 Å². The van der Waals surface area contributed by atoms with Gasteiger partial charge in [-0.25, -0.2) is 4.39 Å². The maximum Gasteiger partial charge on any atom is 0.123 e. The topological polar surface area (TPSA) is 12.0 Å². The second kappa shape index (κ2) is 5.94. The Morgan fingerprint density at radius 1 is 1.29 bits per heavy atom. The Labute approximate surface area is 105 Å². The average molecular weight is 249 g/mol. The molecule has 0 fully saturated rings. The summed E-state index contributed by atoms with van der Waals surface area (Å²) in [6.07, 6.45) is 2.01. The molecule has 0 saturated carbocycles. The van der Waals surface area contributed by atoms with Crippen LogP contribution in [-0.2, 0) is 6.42 Å². The van der Waals surface area contributed by atoms with Crippen molar-refractivity contribution in [2.45, 2.75) is 18.9 Å². The van der Waals surface area contributed by atoms with Gasteiger partial charge in [-0.3, -0.25) is 0 Å². The average Bonchev–Trinajstić information content (AvgIpc) is 2.83. The number of nitrogens with one attached hydrogen (secondary N) is 1. The SMILES string of the molecule is CNC(CCc1cccs1)c1cccc(F)c1. The Balaban J connectivity index is 2.01. The zero-order valence-corrected chi connectivity index (χ0v) is 10.6. The van der Waals surface area contributed by atoms with Gasteiger partial charge < -0.3 is 5.32 Å². The zero-order valence-electron chi connectivity index (χ0n) is 9.82.